The summed E-state index contributed by atoms with van der Waals surface area (Å²) in [6.07, 6.45) is 3.53. The first-order chi connectivity index (χ1) is 9.40. The normalized spacial score (nSPS) is 21.6. The first kappa shape index (κ1) is 17.0. The van der Waals surface area contributed by atoms with Crippen molar-refractivity contribution in [3.05, 3.63) is 34.9 Å². The lowest BCUT2D eigenvalue weighted by Gasteiger charge is -2.26. The SMILES string of the molecule is CC(=O)Cl.O=C(O)C1CCC(c2ccc(Cl)cc2)CC1. The number of carbonyl (C=O) groups is 2. The van der Waals surface area contributed by atoms with Crippen molar-refractivity contribution in [2.24, 2.45) is 5.92 Å². The van der Waals surface area contributed by atoms with Crippen molar-refractivity contribution < 1.29 is 14.7 Å². The van der Waals surface area contributed by atoms with Crippen LogP contribution in [-0.2, 0) is 9.59 Å². The van der Waals surface area contributed by atoms with Gasteiger partial charge < -0.3 is 5.11 Å². The van der Waals surface area contributed by atoms with Crippen LogP contribution < -0.4 is 0 Å². The second kappa shape index (κ2) is 8.28. The Labute approximate surface area is 128 Å². The molecule has 0 atom stereocenters. The minimum Gasteiger partial charge on any atom is -0.481 e. The maximum Gasteiger partial charge on any atom is 0.306 e. The van der Waals surface area contributed by atoms with Gasteiger partial charge in [0.25, 0.3) is 0 Å². The van der Waals surface area contributed by atoms with Gasteiger partial charge in [-0.05, 0) is 60.9 Å². The van der Waals surface area contributed by atoms with E-state index in [0.29, 0.717) is 5.92 Å². The zero-order valence-corrected chi connectivity index (χ0v) is 12.8. The molecule has 1 aromatic carbocycles. The molecule has 1 aliphatic rings. The largest absolute Gasteiger partial charge is 0.481 e. The molecule has 2 rings (SSSR count). The Bertz CT molecular complexity index is 445. The molecule has 0 bridgehead atoms. The minimum absolute atomic E-state index is 0.136. The Morgan fingerprint density at radius 3 is 1.95 bits per heavy atom. The molecule has 0 amide bonds. The van der Waals surface area contributed by atoms with Gasteiger partial charge in [-0.15, -0.1) is 0 Å². The summed E-state index contributed by atoms with van der Waals surface area (Å²) < 4.78 is 0. The summed E-state index contributed by atoms with van der Waals surface area (Å²) in [4.78, 5) is 20.0. The topological polar surface area (TPSA) is 54.4 Å². The number of hydrogen-bond donors (Lipinski definition) is 1. The summed E-state index contributed by atoms with van der Waals surface area (Å²) in [5, 5.41) is 9.31. The second-order valence-electron chi connectivity index (χ2n) is 4.91. The van der Waals surface area contributed by atoms with E-state index in [1.165, 1.54) is 12.5 Å². The smallest absolute Gasteiger partial charge is 0.306 e. The number of carbonyl (C=O) groups excluding carboxylic acids is 1. The van der Waals surface area contributed by atoms with Gasteiger partial charge in [-0.25, -0.2) is 0 Å². The van der Waals surface area contributed by atoms with Crippen LogP contribution in [0.3, 0.4) is 0 Å². The lowest BCUT2D eigenvalue weighted by molar-refractivity contribution is -0.142. The fourth-order valence-corrected chi connectivity index (χ4v) is 2.53. The number of benzene rings is 1. The number of rotatable bonds is 2. The zero-order chi connectivity index (χ0) is 15.1. The maximum atomic E-state index is 10.8. The van der Waals surface area contributed by atoms with E-state index in [9.17, 15) is 9.59 Å². The van der Waals surface area contributed by atoms with Crippen molar-refractivity contribution in [3.8, 4) is 0 Å². The van der Waals surface area contributed by atoms with Crippen molar-refractivity contribution in [1.29, 1.82) is 0 Å². The van der Waals surface area contributed by atoms with E-state index in [4.69, 9.17) is 16.7 Å². The number of halogens is 2. The van der Waals surface area contributed by atoms with Crippen LogP contribution >= 0.6 is 23.2 Å². The molecule has 0 heterocycles. The summed E-state index contributed by atoms with van der Waals surface area (Å²) in [5.41, 5.74) is 1.29. The molecule has 0 aromatic heterocycles. The number of carboxylic acid groups (broad SMARTS) is 1. The highest BCUT2D eigenvalue weighted by Crippen LogP contribution is 2.36. The van der Waals surface area contributed by atoms with Gasteiger partial charge >= 0.3 is 5.97 Å². The Balaban J connectivity index is 0.000000444. The highest BCUT2D eigenvalue weighted by molar-refractivity contribution is 6.62. The number of carboxylic acids is 1. The zero-order valence-electron chi connectivity index (χ0n) is 11.3. The monoisotopic (exact) mass is 316 g/mol. The van der Waals surface area contributed by atoms with E-state index in [-0.39, 0.29) is 11.2 Å². The van der Waals surface area contributed by atoms with Gasteiger partial charge in [0, 0.05) is 11.9 Å². The van der Waals surface area contributed by atoms with Crippen LogP contribution in [-0.4, -0.2) is 16.3 Å². The lowest BCUT2D eigenvalue weighted by Crippen LogP contribution is -2.20. The van der Waals surface area contributed by atoms with E-state index in [0.717, 1.165) is 30.7 Å². The van der Waals surface area contributed by atoms with Crippen LogP contribution in [0.15, 0.2) is 24.3 Å². The van der Waals surface area contributed by atoms with Crippen molar-refractivity contribution in [2.75, 3.05) is 0 Å². The molecule has 1 fully saturated rings. The van der Waals surface area contributed by atoms with Gasteiger partial charge in [-0.2, -0.15) is 0 Å². The molecular formula is C15H18Cl2O3. The fraction of sp³-hybridized carbons (Fsp3) is 0.467. The molecule has 0 saturated heterocycles. The first-order valence-electron chi connectivity index (χ1n) is 6.54. The van der Waals surface area contributed by atoms with Crippen molar-refractivity contribution in [1.82, 2.24) is 0 Å². The predicted molar refractivity (Wildman–Crippen MR) is 80.3 cm³/mol. The standard InChI is InChI=1S/C13H15ClO2.C2H3ClO/c14-12-7-5-10(6-8-12)9-1-3-11(4-2-9)13(15)16;1-2(3)4/h5-9,11H,1-4H2,(H,15,16);1H3. The molecule has 1 aliphatic carbocycles. The molecule has 0 radical (unpaired) electrons. The van der Waals surface area contributed by atoms with Gasteiger partial charge in [0.2, 0.25) is 5.24 Å². The third-order valence-corrected chi connectivity index (χ3v) is 3.67. The Kier molecular flexibility index (Phi) is 7.03. The third kappa shape index (κ3) is 5.93. The Hall–Kier alpha value is -1.06. The van der Waals surface area contributed by atoms with Gasteiger partial charge in [-0.3, -0.25) is 9.59 Å². The molecule has 1 saturated carbocycles. The van der Waals surface area contributed by atoms with Crippen molar-refractivity contribution >= 4 is 34.4 Å². The molecule has 110 valence electrons. The first-order valence-corrected chi connectivity index (χ1v) is 7.30. The molecule has 3 nitrogen and oxygen atoms in total. The molecule has 20 heavy (non-hydrogen) atoms. The van der Waals surface area contributed by atoms with Gasteiger partial charge in [-0.1, -0.05) is 23.7 Å². The quantitative estimate of drug-likeness (QED) is 0.819. The van der Waals surface area contributed by atoms with Crippen LogP contribution in [0, 0.1) is 5.92 Å². The highest BCUT2D eigenvalue weighted by Gasteiger charge is 2.26. The molecular weight excluding hydrogens is 299 g/mol. The van der Waals surface area contributed by atoms with Crippen molar-refractivity contribution in [2.45, 2.75) is 38.5 Å². The molecule has 5 heteroatoms. The van der Waals surface area contributed by atoms with E-state index < -0.39 is 5.97 Å². The fourth-order valence-electron chi connectivity index (χ4n) is 2.41. The average Bonchev–Trinajstić information content (AvgIpc) is 2.39. The average molecular weight is 317 g/mol. The molecule has 1 aromatic rings. The van der Waals surface area contributed by atoms with E-state index in [2.05, 4.69) is 11.6 Å². The van der Waals surface area contributed by atoms with Crippen LogP contribution in [0.1, 0.15) is 44.1 Å². The van der Waals surface area contributed by atoms with Gasteiger partial charge in [0.05, 0.1) is 5.92 Å². The summed E-state index contributed by atoms with van der Waals surface area (Å²) in [7, 11) is 0. The van der Waals surface area contributed by atoms with Crippen LogP contribution in [0.5, 0.6) is 0 Å². The summed E-state index contributed by atoms with van der Waals surface area (Å²) in [5.74, 6) is -0.272. The second-order valence-corrected chi connectivity index (χ2v) is 5.88. The third-order valence-electron chi connectivity index (χ3n) is 3.42. The Morgan fingerprint density at radius 2 is 1.55 bits per heavy atom. The minimum atomic E-state index is -0.644. The van der Waals surface area contributed by atoms with Crippen LogP contribution in [0.2, 0.25) is 5.02 Å². The van der Waals surface area contributed by atoms with E-state index in [1.54, 1.807) is 0 Å². The summed E-state index contributed by atoms with van der Waals surface area (Å²) in [6, 6.07) is 7.91. The number of hydrogen-bond acceptors (Lipinski definition) is 2. The van der Waals surface area contributed by atoms with Gasteiger partial charge in [0.15, 0.2) is 0 Å². The highest BCUT2D eigenvalue weighted by atomic mass is 35.5. The van der Waals surface area contributed by atoms with E-state index >= 15 is 0 Å². The molecule has 0 unspecified atom stereocenters. The number of aliphatic carboxylic acids is 1. The van der Waals surface area contributed by atoms with Gasteiger partial charge in [0.1, 0.15) is 0 Å². The van der Waals surface area contributed by atoms with E-state index in [1.807, 2.05) is 24.3 Å². The molecule has 1 N–H and O–H groups in total. The van der Waals surface area contributed by atoms with Crippen LogP contribution in [0.4, 0.5) is 0 Å². The summed E-state index contributed by atoms with van der Waals surface area (Å²) >= 11 is 10.5. The predicted octanol–water partition coefficient (Wildman–Crippen LogP) is 4.47. The molecule has 0 aliphatic heterocycles. The van der Waals surface area contributed by atoms with Crippen LogP contribution in [0.25, 0.3) is 0 Å². The molecule has 0 spiro atoms. The Morgan fingerprint density at radius 1 is 1.10 bits per heavy atom. The van der Waals surface area contributed by atoms with Crippen molar-refractivity contribution in [3.63, 3.8) is 0 Å². The summed E-state index contributed by atoms with van der Waals surface area (Å²) in [6.45, 7) is 1.29. The maximum absolute atomic E-state index is 10.8. The lowest BCUT2D eigenvalue weighted by atomic mass is 9.79.